The molecule has 35 heavy (non-hydrogen) atoms. The quantitative estimate of drug-likeness (QED) is 0.256. The van der Waals surface area contributed by atoms with E-state index < -0.39 is 0 Å². The molecule has 4 heteroatoms. The van der Waals surface area contributed by atoms with E-state index in [-0.39, 0.29) is 5.41 Å². The van der Waals surface area contributed by atoms with Crippen molar-refractivity contribution in [2.45, 2.75) is 64.2 Å². The molecule has 1 aliphatic carbocycles. The molecule has 0 spiro atoms. The fourth-order valence-electron chi connectivity index (χ4n) is 5.68. The molecule has 2 aromatic heterocycles. The molecule has 174 valence electrons. The molecule has 0 saturated heterocycles. The summed E-state index contributed by atoms with van der Waals surface area (Å²) in [4.78, 5) is 9.51. The van der Waals surface area contributed by atoms with E-state index in [1.165, 1.54) is 58.7 Å². The summed E-state index contributed by atoms with van der Waals surface area (Å²) in [5, 5.41) is 13.0. The topological polar surface area (TPSA) is 49.6 Å². The predicted molar refractivity (Wildman–Crippen MR) is 147 cm³/mol. The number of hydrogen-bond acceptors (Lipinski definition) is 4. The number of nitrogens with zero attached hydrogens (tertiary/aromatic N) is 3. The van der Waals surface area contributed by atoms with Crippen molar-refractivity contribution < 1.29 is 0 Å². The van der Waals surface area contributed by atoms with Gasteiger partial charge >= 0.3 is 0 Å². The first-order valence-electron chi connectivity index (χ1n) is 12.6. The fourth-order valence-corrected chi connectivity index (χ4v) is 6.90. The van der Waals surface area contributed by atoms with E-state index in [1.807, 2.05) is 23.5 Å². The van der Waals surface area contributed by atoms with Gasteiger partial charge in [-0.15, -0.1) is 11.3 Å². The van der Waals surface area contributed by atoms with E-state index in [0.717, 1.165) is 26.9 Å². The predicted octanol–water partition coefficient (Wildman–Crippen LogP) is 8.88. The highest BCUT2D eigenvalue weighted by Crippen LogP contribution is 2.42. The van der Waals surface area contributed by atoms with Crippen molar-refractivity contribution in [2.75, 3.05) is 0 Å². The van der Waals surface area contributed by atoms with Crippen LogP contribution >= 0.6 is 11.3 Å². The maximum Gasteiger partial charge on any atom is 0.116 e. The molecule has 2 heterocycles. The molecule has 6 rings (SSSR count). The first kappa shape index (κ1) is 22.2. The first-order valence-corrected chi connectivity index (χ1v) is 13.4. The van der Waals surface area contributed by atoms with Crippen molar-refractivity contribution in [2.24, 2.45) is 0 Å². The third-order valence-electron chi connectivity index (χ3n) is 7.52. The largest absolute Gasteiger partial charge is 0.235 e. The Labute approximate surface area is 210 Å². The van der Waals surface area contributed by atoms with Gasteiger partial charge in [-0.25, -0.2) is 9.97 Å². The average molecular weight is 476 g/mol. The van der Waals surface area contributed by atoms with E-state index in [0.29, 0.717) is 11.5 Å². The molecule has 3 aromatic carbocycles. The second-order valence-electron chi connectivity index (χ2n) is 10.9. The second kappa shape index (κ2) is 8.43. The molecule has 3 nitrogen and oxygen atoms in total. The van der Waals surface area contributed by atoms with Crippen LogP contribution in [0.5, 0.6) is 0 Å². The zero-order chi connectivity index (χ0) is 24.2. The lowest BCUT2D eigenvalue weighted by Gasteiger charge is -2.23. The lowest BCUT2D eigenvalue weighted by Crippen LogP contribution is -2.12. The highest BCUT2D eigenvalue weighted by Gasteiger charge is 2.21. The Balaban J connectivity index is 1.56. The molecule has 0 radical (unpaired) electrons. The number of rotatable bonds is 2. The zero-order valence-corrected chi connectivity index (χ0v) is 21.4. The van der Waals surface area contributed by atoms with Crippen molar-refractivity contribution in [1.82, 2.24) is 9.97 Å². The van der Waals surface area contributed by atoms with Crippen LogP contribution in [0.3, 0.4) is 0 Å². The van der Waals surface area contributed by atoms with Crippen molar-refractivity contribution in [3.8, 4) is 17.3 Å². The minimum atomic E-state index is -0.0381. The molecule has 0 aliphatic heterocycles. The number of benzene rings is 3. The second-order valence-corrected chi connectivity index (χ2v) is 12.0. The van der Waals surface area contributed by atoms with Gasteiger partial charge in [0.2, 0.25) is 0 Å². The van der Waals surface area contributed by atoms with Crippen LogP contribution in [0.4, 0.5) is 0 Å². The lowest BCUT2D eigenvalue weighted by molar-refractivity contribution is 0.444. The summed E-state index contributed by atoms with van der Waals surface area (Å²) in [5.74, 6) is 0.688. The first-order chi connectivity index (χ1) is 16.9. The van der Waals surface area contributed by atoms with Crippen LogP contribution < -0.4 is 0 Å². The summed E-state index contributed by atoms with van der Waals surface area (Å²) in [6.45, 7) is 6.72. The Kier molecular flexibility index (Phi) is 5.34. The Morgan fingerprint density at radius 3 is 2.49 bits per heavy atom. The third kappa shape index (κ3) is 3.89. The minimum Gasteiger partial charge on any atom is -0.235 e. The Morgan fingerprint density at radius 1 is 0.914 bits per heavy atom. The molecule has 0 bridgehead atoms. The monoisotopic (exact) mass is 475 g/mol. The van der Waals surface area contributed by atoms with Crippen LogP contribution in [-0.4, -0.2) is 9.97 Å². The van der Waals surface area contributed by atoms with Gasteiger partial charge < -0.3 is 0 Å². The van der Waals surface area contributed by atoms with Gasteiger partial charge in [-0.1, -0.05) is 58.2 Å². The third-order valence-corrected chi connectivity index (χ3v) is 8.66. The average Bonchev–Trinajstić information content (AvgIpc) is 3.25. The molecule has 1 saturated carbocycles. The maximum atomic E-state index is 9.48. The van der Waals surface area contributed by atoms with E-state index in [2.05, 4.69) is 63.2 Å². The highest BCUT2D eigenvalue weighted by atomic mass is 32.1. The summed E-state index contributed by atoms with van der Waals surface area (Å²) >= 11 is 1.81. The van der Waals surface area contributed by atoms with E-state index in [4.69, 9.17) is 9.97 Å². The Morgan fingerprint density at radius 2 is 1.71 bits per heavy atom. The molecule has 0 amide bonds. The van der Waals surface area contributed by atoms with Crippen LogP contribution in [-0.2, 0) is 5.41 Å². The van der Waals surface area contributed by atoms with Crippen LogP contribution in [0.25, 0.3) is 42.3 Å². The smallest absolute Gasteiger partial charge is 0.116 e. The van der Waals surface area contributed by atoms with Crippen molar-refractivity contribution >= 4 is 42.4 Å². The SMILES string of the molecule is CC(C)(C)c1cc(-c2ncnc3c2sc2cc(C4CCCCC4)ccc23)cc2cc(C#N)ccc12. The van der Waals surface area contributed by atoms with Crippen LogP contribution in [0.2, 0.25) is 0 Å². The summed E-state index contributed by atoms with van der Waals surface area (Å²) in [7, 11) is 0. The molecular weight excluding hydrogens is 446 g/mol. The van der Waals surface area contributed by atoms with Crippen molar-refractivity contribution in [1.29, 1.82) is 5.26 Å². The Hall–Kier alpha value is -3.29. The van der Waals surface area contributed by atoms with Gasteiger partial charge in [0.15, 0.2) is 0 Å². The standard InChI is InChI=1S/C31H29N3S/c1-31(2,3)26-15-23(14-22-13-19(17-32)9-11-24(22)26)28-30-29(34-18-33-28)25-12-10-21(16-27(25)35-30)20-7-5-4-6-8-20/h9-16,18,20H,4-8H2,1-3H3. The summed E-state index contributed by atoms with van der Waals surface area (Å²) < 4.78 is 2.44. The number of nitriles is 1. The van der Waals surface area contributed by atoms with E-state index in [9.17, 15) is 5.26 Å². The lowest BCUT2D eigenvalue weighted by atomic mass is 9.82. The van der Waals surface area contributed by atoms with Crippen molar-refractivity contribution in [3.63, 3.8) is 0 Å². The van der Waals surface area contributed by atoms with Gasteiger partial charge in [-0.05, 0) is 76.4 Å². The van der Waals surface area contributed by atoms with Gasteiger partial charge in [-0.3, -0.25) is 0 Å². The van der Waals surface area contributed by atoms with Gasteiger partial charge in [0.05, 0.1) is 27.5 Å². The van der Waals surface area contributed by atoms with Crippen molar-refractivity contribution in [3.05, 3.63) is 71.5 Å². The number of fused-ring (bicyclic) bond motifs is 4. The Bertz CT molecular complexity index is 1630. The number of hydrogen-bond donors (Lipinski definition) is 0. The number of thiophene rings is 1. The van der Waals surface area contributed by atoms with Crippen LogP contribution in [0.1, 0.15) is 75.5 Å². The molecule has 1 aliphatic rings. The zero-order valence-electron chi connectivity index (χ0n) is 20.6. The molecule has 1 fully saturated rings. The van der Waals surface area contributed by atoms with E-state index in [1.54, 1.807) is 6.33 Å². The molecule has 0 atom stereocenters. The van der Waals surface area contributed by atoms with Crippen LogP contribution in [0, 0.1) is 11.3 Å². The van der Waals surface area contributed by atoms with Gasteiger partial charge in [0.1, 0.15) is 6.33 Å². The van der Waals surface area contributed by atoms with E-state index >= 15 is 0 Å². The minimum absolute atomic E-state index is 0.0381. The van der Waals surface area contributed by atoms with Gasteiger partial charge in [-0.2, -0.15) is 5.26 Å². The highest BCUT2D eigenvalue weighted by molar-refractivity contribution is 7.26. The normalized spacial score (nSPS) is 15.1. The van der Waals surface area contributed by atoms with Gasteiger partial charge in [0.25, 0.3) is 0 Å². The molecule has 0 unspecified atom stereocenters. The molecule has 5 aromatic rings. The number of aromatic nitrogens is 2. The van der Waals surface area contributed by atoms with Gasteiger partial charge in [0, 0.05) is 15.6 Å². The van der Waals surface area contributed by atoms with Crippen LogP contribution in [0.15, 0.2) is 54.9 Å². The maximum absolute atomic E-state index is 9.48. The molecular formula is C31H29N3S. The fraction of sp³-hybridized carbons (Fsp3) is 0.323. The summed E-state index contributed by atoms with van der Waals surface area (Å²) in [5.41, 5.74) is 6.48. The summed E-state index contributed by atoms with van der Waals surface area (Å²) in [6, 6.07) is 19.8. The summed E-state index contributed by atoms with van der Waals surface area (Å²) in [6.07, 6.45) is 8.37. The molecule has 0 N–H and O–H groups in total.